The standard InChI is InChI=1S/C20H27N3O3/c1-16(26-19-12-8-7-11-18(19)24-3)15-23-20(21-2)22-13-14-25-17-9-5-4-6-10-17/h4-12,16H,13-15H2,1-3H3,(H2,21,22,23). The molecule has 6 heteroatoms. The molecule has 0 aliphatic heterocycles. The van der Waals surface area contributed by atoms with Gasteiger partial charge in [-0.1, -0.05) is 30.3 Å². The van der Waals surface area contributed by atoms with E-state index in [-0.39, 0.29) is 6.10 Å². The van der Waals surface area contributed by atoms with Crippen molar-refractivity contribution in [3.05, 3.63) is 54.6 Å². The summed E-state index contributed by atoms with van der Waals surface area (Å²) < 4.78 is 16.9. The minimum Gasteiger partial charge on any atom is -0.493 e. The van der Waals surface area contributed by atoms with Gasteiger partial charge in [-0.05, 0) is 31.2 Å². The Morgan fingerprint density at radius 1 is 1.00 bits per heavy atom. The van der Waals surface area contributed by atoms with E-state index in [9.17, 15) is 0 Å². The Labute approximate surface area is 155 Å². The Bertz CT molecular complexity index is 677. The molecule has 26 heavy (non-hydrogen) atoms. The Morgan fingerprint density at radius 2 is 1.69 bits per heavy atom. The first-order valence-corrected chi connectivity index (χ1v) is 8.65. The fourth-order valence-corrected chi connectivity index (χ4v) is 2.29. The van der Waals surface area contributed by atoms with Crippen molar-refractivity contribution < 1.29 is 14.2 Å². The fourth-order valence-electron chi connectivity index (χ4n) is 2.29. The summed E-state index contributed by atoms with van der Waals surface area (Å²) >= 11 is 0. The monoisotopic (exact) mass is 357 g/mol. The molecule has 0 amide bonds. The van der Waals surface area contributed by atoms with Gasteiger partial charge in [-0.25, -0.2) is 0 Å². The molecule has 0 spiro atoms. The van der Waals surface area contributed by atoms with Crippen molar-refractivity contribution in [2.24, 2.45) is 4.99 Å². The van der Waals surface area contributed by atoms with Crippen LogP contribution in [0.25, 0.3) is 0 Å². The van der Waals surface area contributed by atoms with Crippen molar-refractivity contribution >= 4 is 5.96 Å². The SMILES string of the molecule is CN=C(NCCOc1ccccc1)NCC(C)Oc1ccccc1OC. The highest BCUT2D eigenvalue weighted by Crippen LogP contribution is 2.26. The fraction of sp³-hybridized carbons (Fsp3) is 0.350. The Hall–Kier alpha value is -2.89. The molecule has 2 aromatic rings. The zero-order chi connectivity index (χ0) is 18.6. The minimum atomic E-state index is -0.0505. The van der Waals surface area contributed by atoms with Crippen LogP contribution in [-0.2, 0) is 0 Å². The number of guanidine groups is 1. The van der Waals surface area contributed by atoms with Crippen molar-refractivity contribution in [1.29, 1.82) is 0 Å². The topological polar surface area (TPSA) is 64.1 Å². The van der Waals surface area contributed by atoms with Gasteiger partial charge in [0, 0.05) is 7.05 Å². The summed E-state index contributed by atoms with van der Waals surface area (Å²) in [6, 6.07) is 17.3. The van der Waals surface area contributed by atoms with Crippen molar-refractivity contribution in [3.63, 3.8) is 0 Å². The first-order valence-electron chi connectivity index (χ1n) is 8.65. The maximum atomic E-state index is 5.92. The van der Waals surface area contributed by atoms with Gasteiger partial charge >= 0.3 is 0 Å². The molecule has 0 fully saturated rings. The maximum Gasteiger partial charge on any atom is 0.191 e. The predicted octanol–water partition coefficient (Wildman–Crippen LogP) is 2.71. The van der Waals surface area contributed by atoms with Crippen LogP contribution in [-0.4, -0.2) is 45.9 Å². The molecule has 2 rings (SSSR count). The molecule has 0 radical (unpaired) electrons. The van der Waals surface area contributed by atoms with Crippen molar-refractivity contribution in [1.82, 2.24) is 10.6 Å². The number of rotatable bonds is 9. The number of methoxy groups -OCH3 is 1. The van der Waals surface area contributed by atoms with E-state index in [1.54, 1.807) is 14.2 Å². The van der Waals surface area contributed by atoms with Gasteiger partial charge in [0.05, 0.1) is 20.2 Å². The summed E-state index contributed by atoms with van der Waals surface area (Å²) in [4.78, 5) is 4.20. The Morgan fingerprint density at radius 3 is 2.38 bits per heavy atom. The molecule has 1 unspecified atom stereocenters. The lowest BCUT2D eigenvalue weighted by Gasteiger charge is -2.19. The highest BCUT2D eigenvalue weighted by Gasteiger charge is 2.09. The van der Waals surface area contributed by atoms with Gasteiger partial charge in [0.1, 0.15) is 18.5 Å². The minimum absolute atomic E-state index is 0.0505. The summed E-state index contributed by atoms with van der Waals surface area (Å²) in [6.07, 6.45) is -0.0505. The smallest absolute Gasteiger partial charge is 0.191 e. The van der Waals surface area contributed by atoms with Crippen molar-refractivity contribution in [3.8, 4) is 17.2 Å². The third kappa shape index (κ3) is 6.55. The van der Waals surface area contributed by atoms with Gasteiger partial charge in [-0.3, -0.25) is 4.99 Å². The van der Waals surface area contributed by atoms with E-state index in [0.29, 0.717) is 25.7 Å². The average Bonchev–Trinajstić information content (AvgIpc) is 2.68. The Kier molecular flexibility index (Phi) is 8.12. The predicted molar refractivity (Wildman–Crippen MR) is 104 cm³/mol. The van der Waals surface area contributed by atoms with Crippen LogP contribution < -0.4 is 24.8 Å². The van der Waals surface area contributed by atoms with E-state index in [2.05, 4.69) is 15.6 Å². The van der Waals surface area contributed by atoms with E-state index >= 15 is 0 Å². The molecular weight excluding hydrogens is 330 g/mol. The highest BCUT2D eigenvalue weighted by atomic mass is 16.5. The molecule has 140 valence electrons. The van der Waals surface area contributed by atoms with E-state index in [1.165, 1.54) is 0 Å². The van der Waals surface area contributed by atoms with Crippen LogP contribution in [0, 0.1) is 0 Å². The molecule has 0 aromatic heterocycles. The summed E-state index contributed by atoms with van der Waals surface area (Å²) in [5.41, 5.74) is 0. The van der Waals surface area contributed by atoms with Gasteiger partial charge < -0.3 is 24.8 Å². The number of hydrogen-bond acceptors (Lipinski definition) is 4. The number of ether oxygens (including phenoxy) is 3. The molecule has 0 aliphatic rings. The summed E-state index contributed by atoms with van der Waals surface area (Å²) in [7, 11) is 3.37. The number of nitrogens with one attached hydrogen (secondary N) is 2. The van der Waals surface area contributed by atoms with Gasteiger partial charge in [0.15, 0.2) is 17.5 Å². The van der Waals surface area contributed by atoms with E-state index in [4.69, 9.17) is 14.2 Å². The third-order valence-electron chi connectivity index (χ3n) is 3.58. The first kappa shape index (κ1) is 19.4. The summed E-state index contributed by atoms with van der Waals surface area (Å²) in [6.45, 7) is 3.80. The van der Waals surface area contributed by atoms with Crippen LogP contribution in [0.3, 0.4) is 0 Å². The second kappa shape index (κ2) is 10.9. The molecule has 6 nitrogen and oxygen atoms in total. The second-order valence-electron chi connectivity index (χ2n) is 5.62. The quantitative estimate of drug-likeness (QED) is 0.410. The lowest BCUT2D eigenvalue weighted by Crippen LogP contribution is -2.43. The number of hydrogen-bond donors (Lipinski definition) is 2. The lowest BCUT2D eigenvalue weighted by atomic mass is 10.3. The molecule has 0 heterocycles. The van der Waals surface area contributed by atoms with Crippen molar-refractivity contribution in [2.75, 3.05) is 33.9 Å². The maximum absolute atomic E-state index is 5.92. The van der Waals surface area contributed by atoms with Gasteiger partial charge in [0.25, 0.3) is 0 Å². The van der Waals surface area contributed by atoms with E-state index < -0.39 is 0 Å². The molecule has 2 aromatic carbocycles. The molecular formula is C20H27N3O3. The Balaban J connectivity index is 1.69. The number of aliphatic imine (C=N–C) groups is 1. The third-order valence-corrected chi connectivity index (χ3v) is 3.58. The second-order valence-corrected chi connectivity index (χ2v) is 5.62. The number of benzene rings is 2. The van der Waals surface area contributed by atoms with Crippen LogP contribution in [0.5, 0.6) is 17.2 Å². The largest absolute Gasteiger partial charge is 0.493 e. The molecule has 0 saturated carbocycles. The van der Waals surface area contributed by atoms with Crippen LogP contribution in [0.4, 0.5) is 0 Å². The first-order chi connectivity index (χ1) is 12.7. The summed E-state index contributed by atoms with van der Waals surface area (Å²) in [5.74, 6) is 3.01. The van der Waals surface area contributed by atoms with Crippen LogP contribution in [0.2, 0.25) is 0 Å². The van der Waals surface area contributed by atoms with Gasteiger partial charge in [-0.2, -0.15) is 0 Å². The zero-order valence-corrected chi connectivity index (χ0v) is 15.6. The van der Waals surface area contributed by atoms with Crippen LogP contribution in [0.15, 0.2) is 59.6 Å². The number of nitrogens with zero attached hydrogens (tertiary/aromatic N) is 1. The van der Waals surface area contributed by atoms with Crippen LogP contribution >= 0.6 is 0 Å². The normalized spacial score (nSPS) is 12.2. The van der Waals surface area contributed by atoms with Crippen molar-refractivity contribution in [2.45, 2.75) is 13.0 Å². The molecule has 0 bridgehead atoms. The molecule has 2 N–H and O–H groups in total. The summed E-state index contributed by atoms with van der Waals surface area (Å²) in [5, 5.41) is 6.46. The molecule has 1 atom stereocenters. The van der Waals surface area contributed by atoms with E-state index in [0.717, 1.165) is 17.2 Å². The molecule has 0 aliphatic carbocycles. The van der Waals surface area contributed by atoms with Gasteiger partial charge in [-0.15, -0.1) is 0 Å². The zero-order valence-electron chi connectivity index (χ0n) is 15.6. The van der Waals surface area contributed by atoms with E-state index in [1.807, 2.05) is 61.5 Å². The highest BCUT2D eigenvalue weighted by molar-refractivity contribution is 5.79. The lowest BCUT2D eigenvalue weighted by molar-refractivity contribution is 0.213. The van der Waals surface area contributed by atoms with Gasteiger partial charge in [0.2, 0.25) is 0 Å². The number of para-hydroxylation sites is 3. The van der Waals surface area contributed by atoms with Crippen LogP contribution in [0.1, 0.15) is 6.92 Å². The molecule has 0 saturated heterocycles. The average molecular weight is 357 g/mol.